The Morgan fingerprint density at radius 3 is 2.17 bits per heavy atom. The van der Waals surface area contributed by atoms with E-state index >= 15 is 0 Å². The average Bonchev–Trinajstić information content (AvgIpc) is 2.37. The van der Waals surface area contributed by atoms with E-state index in [4.69, 9.17) is 0 Å². The molecule has 0 saturated heterocycles. The third-order valence-corrected chi connectivity index (χ3v) is 3.11. The van der Waals surface area contributed by atoms with Gasteiger partial charge in [-0.25, -0.2) is 0 Å². The summed E-state index contributed by atoms with van der Waals surface area (Å²) >= 11 is 0. The molecule has 0 atom stereocenters. The van der Waals surface area contributed by atoms with Crippen LogP contribution in [0.4, 0.5) is 0 Å². The number of Topliss-reactive ketones (excluding diaryl/α,β-unsaturated/α-hetero) is 3. The van der Waals surface area contributed by atoms with E-state index in [-0.39, 0.29) is 28.5 Å². The van der Waals surface area contributed by atoms with Crippen LogP contribution in [0.3, 0.4) is 0 Å². The van der Waals surface area contributed by atoms with Gasteiger partial charge in [-0.2, -0.15) is 0 Å². The molecule has 1 aliphatic carbocycles. The molecule has 0 radical (unpaired) electrons. The lowest BCUT2D eigenvalue weighted by atomic mass is 9.82. The maximum atomic E-state index is 12.3. The first-order valence-electron chi connectivity index (χ1n) is 6.00. The van der Waals surface area contributed by atoms with Crippen LogP contribution in [0.25, 0.3) is 0 Å². The van der Waals surface area contributed by atoms with Gasteiger partial charge < -0.3 is 0 Å². The molecule has 0 aliphatic heterocycles. The maximum Gasteiger partial charge on any atom is 0.197 e. The molecule has 1 aromatic rings. The zero-order chi connectivity index (χ0) is 13.3. The normalized spacial score (nSPS) is 14.8. The van der Waals surface area contributed by atoms with Gasteiger partial charge in [0.2, 0.25) is 0 Å². The predicted octanol–water partition coefficient (Wildman–Crippen LogP) is 2.75. The first kappa shape index (κ1) is 12.4. The summed E-state index contributed by atoms with van der Waals surface area (Å²) in [6.45, 7) is 3.43. The number of hydrogen-bond donors (Lipinski definition) is 0. The highest BCUT2D eigenvalue weighted by Gasteiger charge is 2.32. The van der Waals surface area contributed by atoms with Crippen LogP contribution in [0.1, 0.15) is 47.4 Å². The lowest BCUT2D eigenvalue weighted by molar-refractivity contribution is -0.115. The number of rotatable bonds is 3. The van der Waals surface area contributed by atoms with Crippen molar-refractivity contribution in [3.8, 4) is 0 Å². The Bertz CT molecular complexity index is 579. The van der Waals surface area contributed by atoms with Crippen molar-refractivity contribution in [3.05, 3.63) is 46.5 Å². The van der Waals surface area contributed by atoms with Gasteiger partial charge in [0, 0.05) is 23.1 Å². The Hall–Kier alpha value is -2.03. The largest absolute Gasteiger partial charge is 0.294 e. The van der Waals surface area contributed by atoms with E-state index < -0.39 is 0 Å². The summed E-state index contributed by atoms with van der Waals surface area (Å²) in [4.78, 5) is 36.3. The van der Waals surface area contributed by atoms with Crippen LogP contribution in [0.2, 0.25) is 0 Å². The van der Waals surface area contributed by atoms with E-state index in [9.17, 15) is 14.4 Å². The number of fused-ring (bicyclic) bond motifs is 1. The molecule has 2 rings (SSSR count). The van der Waals surface area contributed by atoms with Crippen molar-refractivity contribution in [1.29, 1.82) is 0 Å². The minimum atomic E-state index is -0.318. The Morgan fingerprint density at radius 2 is 1.61 bits per heavy atom. The topological polar surface area (TPSA) is 51.2 Å². The molecule has 0 aromatic heterocycles. The monoisotopic (exact) mass is 242 g/mol. The van der Waals surface area contributed by atoms with Gasteiger partial charge in [-0.05, 0) is 13.3 Å². The molecule has 18 heavy (non-hydrogen) atoms. The number of benzene rings is 1. The van der Waals surface area contributed by atoms with Crippen molar-refractivity contribution in [2.45, 2.75) is 26.7 Å². The molecule has 0 heterocycles. The smallest absolute Gasteiger partial charge is 0.197 e. The molecule has 0 fully saturated rings. The van der Waals surface area contributed by atoms with Crippen molar-refractivity contribution in [3.63, 3.8) is 0 Å². The van der Waals surface area contributed by atoms with Crippen LogP contribution >= 0.6 is 0 Å². The number of carbonyl (C=O) groups is 3. The van der Waals surface area contributed by atoms with Crippen molar-refractivity contribution < 1.29 is 14.4 Å². The van der Waals surface area contributed by atoms with Crippen LogP contribution in [-0.2, 0) is 4.79 Å². The van der Waals surface area contributed by atoms with Crippen LogP contribution in [0.15, 0.2) is 35.4 Å². The van der Waals surface area contributed by atoms with Crippen LogP contribution < -0.4 is 0 Å². The molecule has 1 aromatic carbocycles. The Labute approximate surface area is 106 Å². The fourth-order valence-corrected chi connectivity index (χ4v) is 2.19. The summed E-state index contributed by atoms with van der Waals surface area (Å²) in [5.41, 5.74) is 1.08. The van der Waals surface area contributed by atoms with Crippen LogP contribution in [0.5, 0.6) is 0 Å². The van der Waals surface area contributed by atoms with E-state index in [0.717, 1.165) is 0 Å². The summed E-state index contributed by atoms with van der Waals surface area (Å²) < 4.78 is 0. The van der Waals surface area contributed by atoms with E-state index in [1.54, 1.807) is 31.2 Å². The third-order valence-electron chi connectivity index (χ3n) is 3.11. The first-order chi connectivity index (χ1) is 8.57. The van der Waals surface area contributed by atoms with Gasteiger partial charge >= 0.3 is 0 Å². The number of carbonyl (C=O) groups excluding carboxylic acids is 3. The number of ketones is 3. The van der Waals surface area contributed by atoms with Gasteiger partial charge in [-0.3, -0.25) is 14.4 Å². The number of allylic oxidation sites excluding steroid dienone is 2. The SMILES string of the molecule is CCCC(=O)C1=C(C)C(=O)c2ccccc2C1=O. The molecule has 3 nitrogen and oxygen atoms in total. The highest BCUT2D eigenvalue weighted by atomic mass is 16.2. The molecular formula is C15H14O3. The molecule has 92 valence electrons. The molecule has 0 saturated carbocycles. The lowest BCUT2D eigenvalue weighted by Gasteiger charge is -2.17. The van der Waals surface area contributed by atoms with Gasteiger partial charge in [0.25, 0.3) is 0 Å². The Kier molecular flexibility index (Phi) is 3.24. The fraction of sp³-hybridized carbons (Fsp3) is 0.267. The summed E-state index contributed by atoms with van der Waals surface area (Å²) in [7, 11) is 0. The zero-order valence-corrected chi connectivity index (χ0v) is 10.4. The van der Waals surface area contributed by atoms with Crippen LogP contribution in [0, 0.1) is 0 Å². The zero-order valence-electron chi connectivity index (χ0n) is 10.4. The van der Waals surface area contributed by atoms with E-state index in [0.29, 0.717) is 24.0 Å². The Balaban J connectivity index is 2.57. The van der Waals surface area contributed by atoms with Gasteiger partial charge in [0.05, 0.1) is 5.57 Å². The van der Waals surface area contributed by atoms with Gasteiger partial charge in [-0.1, -0.05) is 31.2 Å². The van der Waals surface area contributed by atoms with Crippen molar-refractivity contribution >= 4 is 17.3 Å². The lowest BCUT2D eigenvalue weighted by Crippen LogP contribution is -2.25. The van der Waals surface area contributed by atoms with E-state index in [1.807, 2.05) is 6.92 Å². The molecule has 0 amide bonds. The predicted molar refractivity (Wildman–Crippen MR) is 67.7 cm³/mol. The second kappa shape index (κ2) is 4.69. The van der Waals surface area contributed by atoms with Gasteiger partial charge in [0.1, 0.15) is 0 Å². The van der Waals surface area contributed by atoms with Gasteiger partial charge in [-0.15, -0.1) is 0 Å². The summed E-state index contributed by atoms with van der Waals surface area (Å²) in [5, 5.41) is 0. The molecule has 0 spiro atoms. The maximum absolute atomic E-state index is 12.3. The molecule has 0 bridgehead atoms. The molecular weight excluding hydrogens is 228 g/mol. The summed E-state index contributed by atoms with van der Waals surface area (Å²) in [6, 6.07) is 6.64. The Morgan fingerprint density at radius 1 is 1.06 bits per heavy atom. The fourth-order valence-electron chi connectivity index (χ4n) is 2.19. The standard InChI is InChI=1S/C15H14O3/c1-3-6-12(16)13-9(2)14(17)10-7-4-5-8-11(10)15(13)18/h4-5,7-8H,3,6H2,1-2H3. The third kappa shape index (κ3) is 1.82. The van der Waals surface area contributed by atoms with Crippen molar-refractivity contribution in [2.75, 3.05) is 0 Å². The summed E-state index contributed by atoms with van der Waals surface area (Å²) in [6.07, 6.45) is 0.965. The molecule has 1 aliphatic rings. The van der Waals surface area contributed by atoms with Crippen molar-refractivity contribution in [1.82, 2.24) is 0 Å². The minimum Gasteiger partial charge on any atom is -0.294 e. The number of hydrogen-bond acceptors (Lipinski definition) is 3. The average molecular weight is 242 g/mol. The quantitative estimate of drug-likeness (QED) is 0.766. The molecule has 0 N–H and O–H groups in total. The first-order valence-corrected chi connectivity index (χ1v) is 6.00. The van der Waals surface area contributed by atoms with E-state index in [1.165, 1.54) is 0 Å². The minimum absolute atomic E-state index is 0.0700. The molecule has 3 heteroatoms. The highest BCUT2D eigenvalue weighted by Crippen LogP contribution is 2.27. The van der Waals surface area contributed by atoms with Crippen molar-refractivity contribution in [2.24, 2.45) is 0 Å². The second-order valence-corrected chi connectivity index (χ2v) is 4.38. The molecule has 0 unspecified atom stereocenters. The van der Waals surface area contributed by atoms with Gasteiger partial charge in [0.15, 0.2) is 17.3 Å². The van der Waals surface area contributed by atoms with Crippen LogP contribution in [-0.4, -0.2) is 17.3 Å². The summed E-state index contributed by atoms with van der Waals surface area (Å²) in [5.74, 6) is -0.770. The van der Waals surface area contributed by atoms with E-state index in [2.05, 4.69) is 0 Å². The highest BCUT2D eigenvalue weighted by molar-refractivity contribution is 6.36. The second-order valence-electron chi connectivity index (χ2n) is 4.38.